The molecule has 0 aromatic heterocycles. The Bertz CT molecular complexity index is 566. The molecular formula is C16H19FN2. The molecule has 2 nitrogen and oxygen atoms in total. The summed E-state index contributed by atoms with van der Waals surface area (Å²) in [5, 5.41) is 0. The molecule has 0 amide bonds. The van der Waals surface area contributed by atoms with E-state index >= 15 is 0 Å². The van der Waals surface area contributed by atoms with Crippen LogP contribution >= 0.6 is 0 Å². The van der Waals surface area contributed by atoms with Gasteiger partial charge in [-0.1, -0.05) is 35.9 Å². The van der Waals surface area contributed by atoms with E-state index < -0.39 is 0 Å². The molecule has 0 aliphatic rings. The molecule has 19 heavy (non-hydrogen) atoms. The van der Waals surface area contributed by atoms with E-state index in [-0.39, 0.29) is 11.9 Å². The van der Waals surface area contributed by atoms with Crippen molar-refractivity contribution in [1.29, 1.82) is 0 Å². The molecule has 0 aliphatic heterocycles. The van der Waals surface area contributed by atoms with E-state index in [0.717, 1.165) is 17.5 Å². The Labute approximate surface area is 113 Å². The summed E-state index contributed by atoms with van der Waals surface area (Å²) in [5.74, 6) is 5.44. The van der Waals surface area contributed by atoms with Crippen LogP contribution in [0.1, 0.15) is 28.3 Å². The lowest BCUT2D eigenvalue weighted by Crippen LogP contribution is -2.30. The first kappa shape index (κ1) is 13.7. The Morgan fingerprint density at radius 2 is 1.95 bits per heavy atom. The highest BCUT2D eigenvalue weighted by atomic mass is 19.1. The molecule has 0 heterocycles. The van der Waals surface area contributed by atoms with Gasteiger partial charge < -0.3 is 0 Å². The van der Waals surface area contributed by atoms with Gasteiger partial charge >= 0.3 is 0 Å². The van der Waals surface area contributed by atoms with E-state index in [4.69, 9.17) is 5.84 Å². The van der Waals surface area contributed by atoms with Gasteiger partial charge in [0.1, 0.15) is 5.82 Å². The summed E-state index contributed by atoms with van der Waals surface area (Å²) in [7, 11) is 0. The van der Waals surface area contributed by atoms with E-state index in [1.165, 1.54) is 23.3 Å². The van der Waals surface area contributed by atoms with Gasteiger partial charge in [-0.05, 0) is 49.1 Å². The summed E-state index contributed by atoms with van der Waals surface area (Å²) in [5.41, 5.74) is 7.21. The van der Waals surface area contributed by atoms with Gasteiger partial charge in [-0.2, -0.15) is 0 Å². The molecule has 3 heteroatoms. The van der Waals surface area contributed by atoms with Crippen LogP contribution in [-0.4, -0.2) is 0 Å². The summed E-state index contributed by atoms with van der Waals surface area (Å²) >= 11 is 0. The molecule has 0 saturated carbocycles. The molecule has 100 valence electrons. The van der Waals surface area contributed by atoms with E-state index in [0.29, 0.717) is 0 Å². The SMILES string of the molecule is Cc1cccc(CC(NN)c2ccc(F)cc2C)c1. The number of nitrogens with one attached hydrogen (secondary N) is 1. The molecule has 1 unspecified atom stereocenters. The summed E-state index contributed by atoms with van der Waals surface area (Å²) < 4.78 is 13.1. The predicted octanol–water partition coefficient (Wildman–Crippen LogP) is 3.19. The van der Waals surface area contributed by atoms with Gasteiger partial charge in [0.25, 0.3) is 0 Å². The van der Waals surface area contributed by atoms with Gasteiger partial charge in [0.05, 0.1) is 6.04 Å². The van der Waals surface area contributed by atoms with Crippen molar-refractivity contribution in [3.8, 4) is 0 Å². The third kappa shape index (κ3) is 3.40. The van der Waals surface area contributed by atoms with Crippen molar-refractivity contribution in [3.63, 3.8) is 0 Å². The molecule has 2 aromatic carbocycles. The molecular weight excluding hydrogens is 239 g/mol. The second-order valence-electron chi connectivity index (χ2n) is 4.91. The predicted molar refractivity (Wildman–Crippen MR) is 76.1 cm³/mol. The lowest BCUT2D eigenvalue weighted by atomic mass is 9.95. The summed E-state index contributed by atoms with van der Waals surface area (Å²) in [4.78, 5) is 0. The van der Waals surface area contributed by atoms with E-state index in [2.05, 4.69) is 30.5 Å². The van der Waals surface area contributed by atoms with E-state index in [1.54, 1.807) is 6.07 Å². The van der Waals surface area contributed by atoms with Crippen LogP contribution in [0.15, 0.2) is 42.5 Å². The average molecular weight is 258 g/mol. The third-order valence-electron chi connectivity index (χ3n) is 3.33. The number of benzene rings is 2. The minimum absolute atomic E-state index is 0.0117. The number of hydrogen-bond donors (Lipinski definition) is 2. The van der Waals surface area contributed by atoms with Crippen molar-refractivity contribution < 1.29 is 4.39 Å². The van der Waals surface area contributed by atoms with Crippen LogP contribution in [0.5, 0.6) is 0 Å². The molecule has 0 radical (unpaired) electrons. The molecule has 0 fully saturated rings. The average Bonchev–Trinajstić information content (AvgIpc) is 2.37. The van der Waals surface area contributed by atoms with Crippen LogP contribution in [0.25, 0.3) is 0 Å². The second kappa shape index (κ2) is 5.95. The fraction of sp³-hybridized carbons (Fsp3) is 0.250. The van der Waals surface area contributed by atoms with Crippen LogP contribution in [0.2, 0.25) is 0 Å². The monoisotopic (exact) mass is 258 g/mol. The van der Waals surface area contributed by atoms with Crippen molar-refractivity contribution in [3.05, 3.63) is 70.5 Å². The Morgan fingerprint density at radius 1 is 1.16 bits per heavy atom. The zero-order valence-electron chi connectivity index (χ0n) is 11.3. The molecule has 3 N–H and O–H groups in total. The Hall–Kier alpha value is -1.71. The standard InChI is InChI=1S/C16H19FN2/c1-11-4-3-5-13(8-11)10-16(19-18)15-7-6-14(17)9-12(15)2/h3-9,16,19H,10,18H2,1-2H3. The Balaban J connectivity index is 2.25. The van der Waals surface area contributed by atoms with Gasteiger partial charge in [-0.15, -0.1) is 0 Å². The van der Waals surface area contributed by atoms with Crippen molar-refractivity contribution in [2.24, 2.45) is 5.84 Å². The summed E-state index contributed by atoms with van der Waals surface area (Å²) in [6.07, 6.45) is 0.782. The maximum absolute atomic E-state index is 13.1. The van der Waals surface area contributed by atoms with Crippen LogP contribution in [0.4, 0.5) is 4.39 Å². The zero-order valence-corrected chi connectivity index (χ0v) is 11.3. The lowest BCUT2D eigenvalue weighted by molar-refractivity contribution is 0.546. The largest absolute Gasteiger partial charge is 0.271 e. The number of halogens is 1. The van der Waals surface area contributed by atoms with Crippen molar-refractivity contribution in [1.82, 2.24) is 5.43 Å². The first-order chi connectivity index (χ1) is 9.10. The van der Waals surface area contributed by atoms with Crippen LogP contribution in [0.3, 0.4) is 0 Å². The molecule has 2 rings (SSSR count). The number of hydrazine groups is 1. The lowest BCUT2D eigenvalue weighted by Gasteiger charge is -2.19. The number of rotatable bonds is 4. The highest BCUT2D eigenvalue weighted by Gasteiger charge is 2.13. The minimum atomic E-state index is -0.215. The topological polar surface area (TPSA) is 38.0 Å². The van der Waals surface area contributed by atoms with Gasteiger partial charge in [-0.25, -0.2) is 4.39 Å². The summed E-state index contributed by atoms with van der Waals surface area (Å²) in [6, 6.07) is 13.1. The molecule has 1 atom stereocenters. The number of aryl methyl sites for hydroxylation is 2. The quantitative estimate of drug-likeness (QED) is 0.653. The summed E-state index contributed by atoms with van der Waals surface area (Å²) in [6.45, 7) is 3.97. The van der Waals surface area contributed by atoms with E-state index in [1.807, 2.05) is 13.0 Å². The fourth-order valence-electron chi connectivity index (χ4n) is 2.36. The first-order valence-electron chi connectivity index (χ1n) is 6.38. The highest BCUT2D eigenvalue weighted by Crippen LogP contribution is 2.22. The van der Waals surface area contributed by atoms with E-state index in [9.17, 15) is 4.39 Å². The molecule has 2 aromatic rings. The van der Waals surface area contributed by atoms with Crippen molar-refractivity contribution in [2.75, 3.05) is 0 Å². The van der Waals surface area contributed by atoms with Gasteiger partial charge in [0.15, 0.2) is 0 Å². The Kier molecular flexibility index (Phi) is 4.30. The maximum Gasteiger partial charge on any atom is 0.123 e. The third-order valence-corrected chi connectivity index (χ3v) is 3.33. The van der Waals surface area contributed by atoms with Crippen molar-refractivity contribution in [2.45, 2.75) is 26.3 Å². The second-order valence-corrected chi connectivity index (χ2v) is 4.91. The minimum Gasteiger partial charge on any atom is -0.271 e. The van der Waals surface area contributed by atoms with Gasteiger partial charge in [0, 0.05) is 0 Å². The van der Waals surface area contributed by atoms with Gasteiger partial charge in [-0.3, -0.25) is 11.3 Å². The number of hydrogen-bond acceptors (Lipinski definition) is 2. The van der Waals surface area contributed by atoms with Crippen LogP contribution < -0.4 is 11.3 Å². The fourth-order valence-corrected chi connectivity index (χ4v) is 2.36. The Morgan fingerprint density at radius 3 is 2.58 bits per heavy atom. The molecule has 0 bridgehead atoms. The number of nitrogens with two attached hydrogens (primary N) is 1. The molecule has 0 aliphatic carbocycles. The van der Waals surface area contributed by atoms with Crippen LogP contribution in [-0.2, 0) is 6.42 Å². The molecule has 0 spiro atoms. The maximum atomic E-state index is 13.1. The van der Waals surface area contributed by atoms with Crippen molar-refractivity contribution >= 4 is 0 Å². The normalized spacial score (nSPS) is 12.4. The highest BCUT2D eigenvalue weighted by molar-refractivity contribution is 5.32. The van der Waals surface area contributed by atoms with Crippen LogP contribution in [0, 0.1) is 19.7 Å². The zero-order chi connectivity index (χ0) is 13.8. The molecule has 0 saturated heterocycles. The smallest absolute Gasteiger partial charge is 0.123 e. The van der Waals surface area contributed by atoms with Gasteiger partial charge in [0.2, 0.25) is 0 Å². The first-order valence-corrected chi connectivity index (χ1v) is 6.38.